The van der Waals surface area contributed by atoms with E-state index in [0.717, 1.165) is 51.4 Å². The Kier molecular flexibility index (Phi) is 19.2. The molecule has 0 saturated heterocycles. The number of amides is 2. The molecule has 10 N–H and O–H groups in total. The topological polar surface area (TPSA) is 247 Å². The monoisotopic (exact) mass is 868 g/mol. The van der Waals surface area contributed by atoms with Gasteiger partial charge in [0.25, 0.3) is 0 Å². The standard InChI is InChI=1S/2C25H30N4O3/c26-25(29-27)22-17-21(30)19-14-10-15-20(24(19)32-22)28-23(31)16-9-4-2-1-3-6-11-18-12-7-5-8-13-18;26-25(29-27)23-17-21(30)20-16-19(14-15-22(20)32-23)28-24(31)13-9-4-2-1-3-6-10-18-11-7-5-8-12-18/h5,7-8,10,12-15,17H,1-4,6,9,11,16,27H2,(H2,26,29)(H,28,31);5,7-8,11-12,14-17H,1-4,6,9-10,13,27H2,(H2,26,29)(H,28,31). The largest absolute Gasteiger partial charge is 0.452 e. The average molecular weight is 869 g/mol. The van der Waals surface area contributed by atoms with Gasteiger partial charge in [-0.25, -0.2) is 0 Å². The number of fused-ring (bicyclic) bond motifs is 2. The molecule has 336 valence electrons. The first-order chi connectivity index (χ1) is 31.1. The molecule has 0 radical (unpaired) electrons. The second-order valence-electron chi connectivity index (χ2n) is 15.7. The van der Waals surface area contributed by atoms with Gasteiger partial charge in [0, 0.05) is 30.7 Å². The van der Waals surface area contributed by atoms with Gasteiger partial charge in [-0.1, -0.05) is 118 Å². The lowest BCUT2D eigenvalue weighted by molar-refractivity contribution is -0.117. The summed E-state index contributed by atoms with van der Waals surface area (Å²) in [6.45, 7) is 0. The van der Waals surface area contributed by atoms with Crippen LogP contribution in [0.25, 0.3) is 21.9 Å². The first-order valence-corrected chi connectivity index (χ1v) is 22.0. The van der Waals surface area contributed by atoms with Crippen molar-refractivity contribution in [3.63, 3.8) is 0 Å². The summed E-state index contributed by atoms with van der Waals surface area (Å²) in [4.78, 5) is 49.3. The Bertz CT molecular complexity index is 2590. The molecule has 0 aliphatic rings. The lowest BCUT2D eigenvalue weighted by atomic mass is 10.0. The van der Waals surface area contributed by atoms with E-state index < -0.39 is 0 Å². The van der Waals surface area contributed by atoms with Crippen molar-refractivity contribution in [3.8, 4) is 0 Å². The van der Waals surface area contributed by atoms with E-state index in [4.69, 9.17) is 32.0 Å². The third kappa shape index (κ3) is 15.3. The van der Waals surface area contributed by atoms with E-state index in [9.17, 15) is 19.2 Å². The fourth-order valence-electron chi connectivity index (χ4n) is 7.26. The highest BCUT2D eigenvalue weighted by atomic mass is 16.3. The van der Waals surface area contributed by atoms with Crippen molar-refractivity contribution in [1.82, 2.24) is 0 Å². The highest BCUT2D eigenvalue weighted by Crippen LogP contribution is 2.23. The van der Waals surface area contributed by atoms with Gasteiger partial charge in [0.2, 0.25) is 11.8 Å². The van der Waals surface area contributed by atoms with Crippen LogP contribution < -0.4 is 44.6 Å². The minimum absolute atomic E-state index is 0.0578. The van der Waals surface area contributed by atoms with Crippen LogP contribution >= 0.6 is 0 Å². The summed E-state index contributed by atoms with van der Waals surface area (Å²) >= 11 is 0. The maximum Gasteiger partial charge on any atom is 0.224 e. The maximum absolute atomic E-state index is 12.4. The number of nitrogens with two attached hydrogens (primary N) is 4. The number of rotatable bonds is 22. The molecule has 2 amide bonds. The Morgan fingerprint density at radius 2 is 0.984 bits per heavy atom. The first kappa shape index (κ1) is 47.8. The van der Waals surface area contributed by atoms with Crippen LogP contribution in [0.15, 0.2) is 138 Å². The summed E-state index contributed by atoms with van der Waals surface area (Å²) in [5.74, 6) is 10.2. The van der Waals surface area contributed by atoms with Crippen LogP contribution in [0.1, 0.15) is 113 Å². The summed E-state index contributed by atoms with van der Waals surface area (Å²) in [6, 6.07) is 33.5. The predicted molar refractivity (Wildman–Crippen MR) is 257 cm³/mol. The maximum atomic E-state index is 12.4. The number of carbonyl (C=O) groups excluding carboxylic acids is 2. The van der Waals surface area contributed by atoms with Crippen molar-refractivity contribution in [2.75, 3.05) is 10.6 Å². The molecule has 6 aromatic rings. The molecule has 4 aromatic carbocycles. The summed E-state index contributed by atoms with van der Waals surface area (Å²) in [5.41, 5.74) is 15.1. The van der Waals surface area contributed by atoms with Crippen molar-refractivity contribution in [2.45, 2.75) is 103 Å². The van der Waals surface area contributed by atoms with Gasteiger partial charge in [-0.2, -0.15) is 10.2 Å². The molecule has 0 saturated carbocycles. The number of para-hydroxylation sites is 1. The number of amidine groups is 2. The fourth-order valence-corrected chi connectivity index (χ4v) is 7.26. The van der Waals surface area contributed by atoms with Crippen molar-refractivity contribution in [1.29, 1.82) is 0 Å². The van der Waals surface area contributed by atoms with E-state index in [1.807, 2.05) is 12.1 Å². The van der Waals surface area contributed by atoms with Gasteiger partial charge in [-0.15, -0.1) is 0 Å². The molecular weight excluding hydrogens is 809 g/mol. The quantitative estimate of drug-likeness (QED) is 0.0125. The molecule has 6 rings (SSSR count). The van der Waals surface area contributed by atoms with Crippen LogP contribution in [-0.4, -0.2) is 23.5 Å². The van der Waals surface area contributed by atoms with E-state index in [0.29, 0.717) is 40.6 Å². The summed E-state index contributed by atoms with van der Waals surface area (Å²) < 4.78 is 11.2. The SMILES string of the molecule is NN=C(N)c1cc(=O)c2cc(NC(=O)CCCCCCCCc3ccccc3)ccc2o1.NN=C(N)c1cc(=O)c2cccc(NC(=O)CCCCCCCCc3ccccc3)c2o1. The molecule has 2 aromatic heterocycles. The molecule has 0 fully saturated rings. The molecule has 64 heavy (non-hydrogen) atoms. The fraction of sp³-hybridized carbons (Fsp3) is 0.320. The van der Waals surface area contributed by atoms with E-state index in [-0.39, 0.29) is 51.4 Å². The molecule has 0 unspecified atom stereocenters. The number of hydrogen-bond donors (Lipinski definition) is 6. The van der Waals surface area contributed by atoms with Gasteiger partial charge < -0.3 is 42.6 Å². The van der Waals surface area contributed by atoms with Gasteiger partial charge in [0.15, 0.2) is 39.6 Å². The van der Waals surface area contributed by atoms with Gasteiger partial charge in [0.05, 0.1) is 16.5 Å². The number of hydrazone groups is 2. The van der Waals surface area contributed by atoms with Crippen LogP contribution in [0.4, 0.5) is 11.4 Å². The van der Waals surface area contributed by atoms with Crippen LogP contribution in [0, 0.1) is 0 Å². The average Bonchev–Trinajstić information content (AvgIpc) is 3.31. The first-order valence-electron chi connectivity index (χ1n) is 22.0. The summed E-state index contributed by atoms with van der Waals surface area (Å²) in [6.07, 6.45) is 16.3. The van der Waals surface area contributed by atoms with Crippen molar-refractivity contribution >= 4 is 56.8 Å². The number of benzene rings is 4. The number of anilines is 2. The zero-order valence-electron chi connectivity index (χ0n) is 36.4. The Labute approximate surface area is 373 Å². The third-order valence-corrected chi connectivity index (χ3v) is 10.7. The minimum atomic E-state index is -0.281. The molecule has 14 heteroatoms. The Hall–Kier alpha value is -7.22. The molecule has 14 nitrogen and oxygen atoms in total. The Balaban J connectivity index is 0.000000241. The highest BCUT2D eigenvalue weighted by Gasteiger charge is 2.14. The number of hydrogen-bond acceptors (Lipinski definition) is 10. The van der Waals surface area contributed by atoms with Crippen molar-refractivity contribution in [3.05, 3.63) is 152 Å². The summed E-state index contributed by atoms with van der Waals surface area (Å²) in [7, 11) is 0. The number of carbonyl (C=O) groups is 2. The Morgan fingerprint density at radius 1 is 0.500 bits per heavy atom. The second-order valence-corrected chi connectivity index (χ2v) is 15.7. The third-order valence-electron chi connectivity index (χ3n) is 10.7. The highest BCUT2D eigenvalue weighted by molar-refractivity contribution is 6.01. The molecule has 0 aliphatic carbocycles. The van der Waals surface area contributed by atoms with E-state index in [1.54, 1.807) is 36.4 Å². The number of unbranched alkanes of at least 4 members (excludes halogenated alkanes) is 10. The molecule has 0 atom stereocenters. The molecular formula is C50H60N8O6. The lowest BCUT2D eigenvalue weighted by Gasteiger charge is -2.09. The van der Waals surface area contributed by atoms with E-state index in [1.165, 1.54) is 61.8 Å². The van der Waals surface area contributed by atoms with Crippen molar-refractivity contribution < 1.29 is 18.4 Å². The van der Waals surface area contributed by atoms with Gasteiger partial charge >= 0.3 is 0 Å². The van der Waals surface area contributed by atoms with Gasteiger partial charge in [-0.05, 0) is 80.0 Å². The minimum Gasteiger partial charge on any atom is -0.452 e. The number of nitrogens with one attached hydrogen (secondary N) is 2. The number of aryl methyl sites for hydroxylation is 2. The second kappa shape index (κ2) is 25.7. The molecule has 0 bridgehead atoms. The van der Waals surface area contributed by atoms with Crippen LogP contribution in [-0.2, 0) is 22.4 Å². The van der Waals surface area contributed by atoms with Crippen LogP contribution in [0.2, 0.25) is 0 Å². The van der Waals surface area contributed by atoms with E-state index >= 15 is 0 Å². The molecule has 0 aliphatic heterocycles. The molecule has 0 spiro atoms. The van der Waals surface area contributed by atoms with Crippen LogP contribution in [0.3, 0.4) is 0 Å². The van der Waals surface area contributed by atoms with Gasteiger partial charge in [0.1, 0.15) is 5.58 Å². The predicted octanol–water partition coefficient (Wildman–Crippen LogP) is 8.57. The normalized spacial score (nSPS) is 11.6. The zero-order chi connectivity index (χ0) is 45.5. The smallest absolute Gasteiger partial charge is 0.224 e. The van der Waals surface area contributed by atoms with Crippen LogP contribution in [0.5, 0.6) is 0 Å². The lowest BCUT2D eigenvalue weighted by Crippen LogP contribution is -2.18. The van der Waals surface area contributed by atoms with E-state index in [2.05, 4.69) is 69.4 Å². The zero-order valence-corrected chi connectivity index (χ0v) is 36.4. The van der Waals surface area contributed by atoms with Gasteiger partial charge in [-0.3, -0.25) is 19.2 Å². The van der Waals surface area contributed by atoms with Crippen molar-refractivity contribution in [2.24, 2.45) is 33.4 Å². The molecule has 2 heterocycles. The summed E-state index contributed by atoms with van der Waals surface area (Å²) in [5, 5.41) is 13.1. The Morgan fingerprint density at radius 3 is 1.53 bits per heavy atom. The number of nitrogens with zero attached hydrogens (tertiary/aromatic N) is 2.